The quantitative estimate of drug-likeness (QED) is 0.408. The first kappa shape index (κ1) is 18.5. The number of nitro groups is 1. The molecule has 0 amide bonds. The molecule has 2 aromatic rings. The monoisotopic (exact) mass is 362 g/mol. The molecule has 0 radical (unpaired) electrons. The van der Waals surface area contributed by atoms with E-state index in [1.807, 2.05) is 0 Å². The first-order chi connectivity index (χ1) is 11.9. The van der Waals surface area contributed by atoms with Gasteiger partial charge < -0.3 is 4.74 Å². The first-order valence-corrected chi connectivity index (χ1v) is 8.95. The fourth-order valence-corrected chi connectivity index (χ4v) is 3.75. The molecule has 0 fully saturated rings. The summed E-state index contributed by atoms with van der Waals surface area (Å²) in [7, 11) is -4.04. The van der Waals surface area contributed by atoms with Crippen LogP contribution < -0.4 is 9.04 Å². The number of nitrogens with zero attached hydrogens (tertiary/aromatic N) is 2. The van der Waals surface area contributed by atoms with Gasteiger partial charge in [-0.2, -0.15) is 0 Å². The third-order valence-corrected chi connectivity index (χ3v) is 5.12. The lowest BCUT2D eigenvalue weighted by Gasteiger charge is -2.25. The minimum absolute atomic E-state index is 0.00485. The SMILES string of the molecule is C=CCN(c1ccccc1OCC)S(=O)(=O)c1cccc([N+](=O)[O-])c1. The summed E-state index contributed by atoms with van der Waals surface area (Å²) >= 11 is 0. The average molecular weight is 362 g/mol. The normalized spacial score (nSPS) is 10.9. The van der Waals surface area contributed by atoms with Crippen LogP contribution in [0.1, 0.15) is 6.92 Å². The topological polar surface area (TPSA) is 89.8 Å². The Labute approximate surface area is 146 Å². The molecule has 0 bridgehead atoms. The fraction of sp³-hybridized carbons (Fsp3) is 0.176. The minimum atomic E-state index is -4.04. The summed E-state index contributed by atoms with van der Waals surface area (Å²) in [5.41, 5.74) is 0.0495. The average Bonchev–Trinajstić information content (AvgIpc) is 2.60. The number of benzene rings is 2. The maximum absolute atomic E-state index is 13.1. The molecule has 0 aliphatic carbocycles. The molecule has 0 heterocycles. The van der Waals surface area contributed by atoms with E-state index in [1.54, 1.807) is 31.2 Å². The number of non-ortho nitro benzene ring substituents is 1. The Bertz CT molecular complexity index is 880. The van der Waals surface area contributed by atoms with Crippen molar-refractivity contribution in [3.05, 3.63) is 71.3 Å². The Morgan fingerprint density at radius 1 is 1.24 bits per heavy atom. The highest BCUT2D eigenvalue weighted by molar-refractivity contribution is 7.92. The zero-order chi connectivity index (χ0) is 18.4. The van der Waals surface area contributed by atoms with Gasteiger partial charge >= 0.3 is 0 Å². The summed E-state index contributed by atoms with van der Waals surface area (Å²) in [5, 5.41) is 10.9. The molecular weight excluding hydrogens is 344 g/mol. The summed E-state index contributed by atoms with van der Waals surface area (Å²) in [6.45, 7) is 5.76. The molecule has 0 aliphatic heterocycles. The van der Waals surface area contributed by atoms with Crippen molar-refractivity contribution in [3.63, 3.8) is 0 Å². The molecule has 25 heavy (non-hydrogen) atoms. The molecule has 0 N–H and O–H groups in total. The molecule has 0 aromatic heterocycles. The van der Waals surface area contributed by atoms with Gasteiger partial charge in [0.15, 0.2) is 0 Å². The summed E-state index contributed by atoms with van der Waals surface area (Å²) in [5.74, 6) is 0.404. The number of rotatable bonds is 8. The van der Waals surface area contributed by atoms with E-state index in [4.69, 9.17) is 4.74 Å². The predicted octanol–water partition coefficient (Wildman–Crippen LogP) is 3.37. The van der Waals surface area contributed by atoms with Crippen LogP contribution in [0.4, 0.5) is 11.4 Å². The van der Waals surface area contributed by atoms with Crippen molar-refractivity contribution in [1.29, 1.82) is 0 Å². The zero-order valence-electron chi connectivity index (χ0n) is 13.7. The van der Waals surface area contributed by atoms with Gasteiger partial charge in [0.25, 0.3) is 15.7 Å². The second kappa shape index (κ2) is 7.80. The molecule has 2 rings (SSSR count). The Morgan fingerprint density at radius 3 is 2.60 bits per heavy atom. The van der Waals surface area contributed by atoms with Crippen molar-refractivity contribution in [2.75, 3.05) is 17.5 Å². The van der Waals surface area contributed by atoms with Crippen molar-refractivity contribution in [1.82, 2.24) is 0 Å². The highest BCUT2D eigenvalue weighted by Gasteiger charge is 2.27. The maximum Gasteiger partial charge on any atom is 0.270 e. The van der Waals surface area contributed by atoms with Gasteiger partial charge in [0.05, 0.1) is 28.7 Å². The molecule has 0 spiro atoms. The molecule has 0 unspecified atom stereocenters. The lowest BCUT2D eigenvalue weighted by atomic mass is 10.3. The number of para-hydroxylation sites is 2. The van der Waals surface area contributed by atoms with Crippen LogP contribution in [0.5, 0.6) is 5.75 Å². The van der Waals surface area contributed by atoms with Crippen molar-refractivity contribution >= 4 is 21.4 Å². The Morgan fingerprint density at radius 2 is 1.96 bits per heavy atom. The number of anilines is 1. The maximum atomic E-state index is 13.1. The van der Waals surface area contributed by atoms with Crippen LogP contribution in [0.25, 0.3) is 0 Å². The number of hydrogen-bond acceptors (Lipinski definition) is 5. The van der Waals surface area contributed by atoms with Crippen LogP contribution >= 0.6 is 0 Å². The first-order valence-electron chi connectivity index (χ1n) is 7.51. The van der Waals surface area contributed by atoms with Crippen LogP contribution in [0, 0.1) is 10.1 Å². The zero-order valence-corrected chi connectivity index (χ0v) is 14.5. The second-order valence-corrected chi connectivity index (χ2v) is 6.84. The van der Waals surface area contributed by atoms with Crippen molar-refractivity contribution in [2.45, 2.75) is 11.8 Å². The lowest BCUT2D eigenvalue weighted by Crippen LogP contribution is -2.31. The largest absolute Gasteiger partial charge is 0.492 e. The van der Waals surface area contributed by atoms with Gasteiger partial charge in [-0.25, -0.2) is 8.42 Å². The highest BCUT2D eigenvalue weighted by atomic mass is 32.2. The van der Waals surface area contributed by atoms with E-state index in [1.165, 1.54) is 24.3 Å². The van der Waals surface area contributed by atoms with Crippen LogP contribution in [0.15, 0.2) is 66.1 Å². The molecule has 0 atom stereocenters. The minimum Gasteiger partial charge on any atom is -0.492 e. The number of ether oxygens (including phenoxy) is 1. The van der Waals surface area contributed by atoms with Crippen LogP contribution in [-0.4, -0.2) is 26.5 Å². The molecule has 0 aliphatic rings. The van der Waals surface area contributed by atoms with Gasteiger partial charge in [-0.1, -0.05) is 24.3 Å². The second-order valence-electron chi connectivity index (χ2n) is 4.98. The smallest absolute Gasteiger partial charge is 0.270 e. The third-order valence-electron chi connectivity index (χ3n) is 3.35. The summed E-state index contributed by atoms with van der Waals surface area (Å²) in [6.07, 6.45) is 1.44. The third kappa shape index (κ3) is 3.97. The van der Waals surface area contributed by atoms with Gasteiger partial charge in [0.1, 0.15) is 5.75 Å². The van der Waals surface area contributed by atoms with Gasteiger partial charge in [0.2, 0.25) is 0 Å². The van der Waals surface area contributed by atoms with E-state index in [0.717, 1.165) is 10.4 Å². The number of nitro benzene ring substituents is 1. The lowest BCUT2D eigenvalue weighted by molar-refractivity contribution is -0.385. The molecule has 2 aromatic carbocycles. The molecule has 132 valence electrons. The van der Waals surface area contributed by atoms with E-state index < -0.39 is 14.9 Å². The Kier molecular flexibility index (Phi) is 5.76. The molecule has 8 heteroatoms. The highest BCUT2D eigenvalue weighted by Crippen LogP contribution is 2.33. The van der Waals surface area contributed by atoms with Crippen LogP contribution in [0.2, 0.25) is 0 Å². The number of sulfonamides is 1. The molecule has 0 saturated heterocycles. The van der Waals surface area contributed by atoms with Crippen LogP contribution in [0.3, 0.4) is 0 Å². The van der Waals surface area contributed by atoms with E-state index in [-0.39, 0.29) is 17.1 Å². The summed E-state index contributed by atoms with van der Waals surface area (Å²) in [4.78, 5) is 10.1. The summed E-state index contributed by atoms with van der Waals surface area (Å²) in [6, 6.07) is 11.6. The van der Waals surface area contributed by atoms with Gasteiger partial charge in [-0.3, -0.25) is 14.4 Å². The van der Waals surface area contributed by atoms with Gasteiger partial charge in [-0.15, -0.1) is 6.58 Å². The van der Waals surface area contributed by atoms with E-state index >= 15 is 0 Å². The van der Waals surface area contributed by atoms with Crippen molar-refractivity contribution in [2.24, 2.45) is 0 Å². The molecule has 7 nitrogen and oxygen atoms in total. The number of hydrogen-bond donors (Lipinski definition) is 0. The van der Waals surface area contributed by atoms with E-state index in [2.05, 4.69) is 6.58 Å². The van der Waals surface area contributed by atoms with Crippen molar-refractivity contribution in [3.8, 4) is 5.75 Å². The Balaban J connectivity index is 2.58. The van der Waals surface area contributed by atoms with Crippen LogP contribution in [-0.2, 0) is 10.0 Å². The molecular formula is C17H18N2O5S. The van der Waals surface area contributed by atoms with E-state index in [9.17, 15) is 18.5 Å². The van der Waals surface area contributed by atoms with Gasteiger partial charge in [-0.05, 0) is 25.1 Å². The predicted molar refractivity (Wildman–Crippen MR) is 95.4 cm³/mol. The van der Waals surface area contributed by atoms with E-state index in [0.29, 0.717) is 18.0 Å². The molecule has 0 saturated carbocycles. The summed E-state index contributed by atoms with van der Waals surface area (Å²) < 4.78 is 32.7. The van der Waals surface area contributed by atoms with Gasteiger partial charge in [0, 0.05) is 12.1 Å². The fourth-order valence-electron chi connectivity index (χ4n) is 2.27. The Hall–Kier alpha value is -2.87. The van der Waals surface area contributed by atoms with Crippen molar-refractivity contribution < 1.29 is 18.1 Å². The standard InChI is InChI=1S/C17H18N2O5S/c1-3-12-18(16-10-5-6-11-17(16)24-4-2)25(22,23)15-9-7-8-14(13-15)19(20)21/h3,5-11,13H,1,4,12H2,2H3.